The molecule has 1 saturated heterocycles. The second-order valence-corrected chi connectivity index (χ2v) is 5.66. The number of rotatable bonds is 2. The summed E-state index contributed by atoms with van der Waals surface area (Å²) in [7, 11) is 0. The second kappa shape index (κ2) is 5.91. The maximum Gasteiger partial charge on any atom is 0.235 e. The molecule has 0 spiro atoms. The van der Waals surface area contributed by atoms with E-state index < -0.39 is 0 Å². The number of nitrogens with zero attached hydrogens (tertiary/aromatic N) is 1. The van der Waals surface area contributed by atoms with Crippen LogP contribution in [0, 0.1) is 5.92 Å². The lowest BCUT2D eigenvalue weighted by Crippen LogP contribution is -2.39. The van der Waals surface area contributed by atoms with Crippen LogP contribution in [0.15, 0.2) is 0 Å². The Morgan fingerprint density at radius 1 is 1.71 bits per heavy atom. The summed E-state index contributed by atoms with van der Waals surface area (Å²) in [5, 5.41) is -0.106. The molecule has 0 saturated carbocycles. The molecular weight excluding hydrogens is 214 g/mol. The molecule has 82 valence electrons. The van der Waals surface area contributed by atoms with Crippen molar-refractivity contribution >= 4 is 30.3 Å². The Balaban J connectivity index is 2.52. The molecule has 0 aliphatic carbocycles. The van der Waals surface area contributed by atoms with Gasteiger partial charge in [0.25, 0.3) is 0 Å². The molecular formula is C10H19NOS2. The van der Waals surface area contributed by atoms with Gasteiger partial charge in [-0.2, -0.15) is 24.4 Å². The Labute approximate surface area is 96.2 Å². The van der Waals surface area contributed by atoms with Crippen molar-refractivity contribution in [3.63, 3.8) is 0 Å². The molecule has 0 radical (unpaired) electrons. The fourth-order valence-electron chi connectivity index (χ4n) is 1.57. The zero-order valence-electron chi connectivity index (χ0n) is 8.90. The summed E-state index contributed by atoms with van der Waals surface area (Å²) in [6.45, 7) is 6.01. The Kier molecular flexibility index (Phi) is 5.17. The van der Waals surface area contributed by atoms with Gasteiger partial charge in [-0.25, -0.2) is 0 Å². The summed E-state index contributed by atoms with van der Waals surface area (Å²) in [6.07, 6.45) is 0.819. The van der Waals surface area contributed by atoms with E-state index in [1.807, 2.05) is 23.6 Å². The van der Waals surface area contributed by atoms with Crippen LogP contribution in [-0.4, -0.2) is 40.7 Å². The quantitative estimate of drug-likeness (QED) is 0.735. The number of amides is 1. The second-order valence-electron chi connectivity index (χ2n) is 3.89. The molecule has 1 amide bonds. The molecule has 0 aromatic rings. The topological polar surface area (TPSA) is 20.3 Å². The minimum Gasteiger partial charge on any atom is -0.341 e. The van der Waals surface area contributed by atoms with E-state index in [9.17, 15) is 4.79 Å². The molecule has 0 aromatic heterocycles. The number of carbonyl (C=O) groups is 1. The fraction of sp³-hybridized carbons (Fsp3) is 0.900. The number of hydrogen-bond acceptors (Lipinski definition) is 3. The van der Waals surface area contributed by atoms with Crippen LogP contribution in [0.3, 0.4) is 0 Å². The number of thioether (sulfide) groups is 1. The van der Waals surface area contributed by atoms with Gasteiger partial charge < -0.3 is 4.90 Å². The first kappa shape index (κ1) is 12.2. The monoisotopic (exact) mass is 233 g/mol. The molecule has 1 heterocycles. The van der Waals surface area contributed by atoms with Gasteiger partial charge in [0.2, 0.25) is 5.91 Å². The Hall–Kier alpha value is 0.170. The van der Waals surface area contributed by atoms with Crippen LogP contribution in [0.4, 0.5) is 0 Å². The molecule has 1 rings (SSSR count). The van der Waals surface area contributed by atoms with Gasteiger partial charge in [-0.1, -0.05) is 13.8 Å². The lowest BCUT2D eigenvalue weighted by Gasteiger charge is -2.24. The zero-order chi connectivity index (χ0) is 10.6. The number of thiol groups is 1. The standard InChI is InChI=1S/C10H19NOS2/c1-3-9(13)10(12)11-4-5-14-7-8(2)6-11/h8-9,13H,3-7H2,1-2H3. The highest BCUT2D eigenvalue weighted by atomic mass is 32.2. The lowest BCUT2D eigenvalue weighted by atomic mass is 10.2. The average Bonchev–Trinajstić information content (AvgIpc) is 2.40. The highest BCUT2D eigenvalue weighted by Crippen LogP contribution is 2.17. The van der Waals surface area contributed by atoms with Crippen molar-refractivity contribution in [2.24, 2.45) is 5.92 Å². The molecule has 1 fully saturated rings. The van der Waals surface area contributed by atoms with E-state index in [0.29, 0.717) is 5.92 Å². The predicted octanol–water partition coefficient (Wildman–Crippen LogP) is 1.91. The molecule has 4 heteroatoms. The van der Waals surface area contributed by atoms with E-state index in [2.05, 4.69) is 19.6 Å². The summed E-state index contributed by atoms with van der Waals surface area (Å²) in [5.74, 6) is 3.07. The average molecular weight is 233 g/mol. The van der Waals surface area contributed by atoms with Crippen molar-refractivity contribution in [1.29, 1.82) is 0 Å². The van der Waals surface area contributed by atoms with Gasteiger partial charge in [0.05, 0.1) is 5.25 Å². The van der Waals surface area contributed by atoms with E-state index in [0.717, 1.165) is 25.3 Å². The maximum absolute atomic E-state index is 11.9. The number of carbonyl (C=O) groups excluding carboxylic acids is 1. The first-order chi connectivity index (χ1) is 6.65. The van der Waals surface area contributed by atoms with Crippen molar-refractivity contribution in [2.45, 2.75) is 25.5 Å². The van der Waals surface area contributed by atoms with E-state index in [1.165, 1.54) is 5.75 Å². The van der Waals surface area contributed by atoms with Gasteiger partial charge in [-0.05, 0) is 18.1 Å². The van der Waals surface area contributed by atoms with E-state index in [1.54, 1.807) is 0 Å². The molecule has 0 N–H and O–H groups in total. The van der Waals surface area contributed by atoms with Crippen LogP contribution < -0.4 is 0 Å². The molecule has 14 heavy (non-hydrogen) atoms. The van der Waals surface area contributed by atoms with Crippen LogP contribution in [0.2, 0.25) is 0 Å². The van der Waals surface area contributed by atoms with Gasteiger partial charge in [-0.15, -0.1) is 0 Å². The molecule has 0 aromatic carbocycles. The zero-order valence-corrected chi connectivity index (χ0v) is 10.6. The third kappa shape index (κ3) is 3.39. The van der Waals surface area contributed by atoms with E-state index in [4.69, 9.17) is 0 Å². The summed E-state index contributed by atoms with van der Waals surface area (Å²) < 4.78 is 0. The summed E-state index contributed by atoms with van der Waals surface area (Å²) >= 11 is 6.25. The lowest BCUT2D eigenvalue weighted by molar-refractivity contribution is -0.130. The van der Waals surface area contributed by atoms with Crippen LogP contribution in [0.25, 0.3) is 0 Å². The highest BCUT2D eigenvalue weighted by molar-refractivity contribution is 7.99. The molecule has 2 unspecified atom stereocenters. The van der Waals surface area contributed by atoms with Crippen LogP contribution in [0.5, 0.6) is 0 Å². The molecule has 2 atom stereocenters. The molecule has 0 bridgehead atoms. The first-order valence-electron chi connectivity index (χ1n) is 5.19. The smallest absolute Gasteiger partial charge is 0.235 e. The van der Waals surface area contributed by atoms with Crippen molar-refractivity contribution in [1.82, 2.24) is 4.90 Å². The summed E-state index contributed by atoms with van der Waals surface area (Å²) in [6, 6.07) is 0. The van der Waals surface area contributed by atoms with Gasteiger partial charge in [0, 0.05) is 18.8 Å². The van der Waals surface area contributed by atoms with Gasteiger partial charge >= 0.3 is 0 Å². The third-order valence-electron chi connectivity index (χ3n) is 2.42. The Morgan fingerprint density at radius 3 is 3.07 bits per heavy atom. The largest absolute Gasteiger partial charge is 0.341 e. The third-order valence-corrected chi connectivity index (χ3v) is 4.29. The van der Waals surface area contributed by atoms with Crippen molar-refractivity contribution in [2.75, 3.05) is 24.6 Å². The molecule has 1 aliphatic heterocycles. The first-order valence-corrected chi connectivity index (χ1v) is 6.86. The van der Waals surface area contributed by atoms with Crippen molar-refractivity contribution < 1.29 is 4.79 Å². The highest BCUT2D eigenvalue weighted by Gasteiger charge is 2.23. The predicted molar refractivity (Wildman–Crippen MR) is 66.1 cm³/mol. The van der Waals surface area contributed by atoms with Gasteiger partial charge in [0.15, 0.2) is 0 Å². The Bertz CT molecular complexity index is 199. The van der Waals surface area contributed by atoms with E-state index in [-0.39, 0.29) is 11.2 Å². The number of hydrogen-bond donors (Lipinski definition) is 1. The fourth-order valence-corrected chi connectivity index (χ4v) is 2.75. The normalized spacial score (nSPS) is 25.6. The van der Waals surface area contributed by atoms with Crippen molar-refractivity contribution in [3.05, 3.63) is 0 Å². The Morgan fingerprint density at radius 2 is 2.43 bits per heavy atom. The summed E-state index contributed by atoms with van der Waals surface area (Å²) in [5.41, 5.74) is 0. The van der Waals surface area contributed by atoms with Crippen LogP contribution >= 0.6 is 24.4 Å². The molecule has 2 nitrogen and oxygen atoms in total. The minimum atomic E-state index is -0.106. The molecule has 1 aliphatic rings. The van der Waals surface area contributed by atoms with Gasteiger partial charge in [-0.3, -0.25) is 4.79 Å². The summed E-state index contributed by atoms with van der Waals surface area (Å²) in [4.78, 5) is 13.8. The van der Waals surface area contributed by atoms with Crippen molar-refractivity contribution in [3.8, 4) is 0 Å². The van der Waals surface area contributed by atoms with Gasteiger partial charge in [0.1, 0.15) is 0 Å². The maximum atomic E-state index is 11.9. The van der Waals surface area contributed by atoms with Crippen LogP contribution in [-0.2, 0) is 4.79 Å². The van der Waals surface area contributed by atoms with E-state index >= 15 is 0 Å². The van der Waals surface area contributed by atoms with Crippen LogP contribution in [0.1, 0.15) is 20.3 Å². The SMILES string of the molecule is CCC(S)C(=O)N1CCSCC(C)C1. The minimum absolute atomic E-state index is 0.106.